The second-order valence-corrected chi connectivity index (χ2v) is 14.5. The van der Waals surface area contributed by atoms with E-state index >= 15 is 0 Å². The molecule has 2 aliphatic rings. The maximum absolute atomic E-state index is 13.3. The van der Waals surface area contributed by atoms with Crippen molar-refractivity contribution in [2.45, 2.75) is 56.0 Å². The van der Waals surface area contributed by atoms with Gasteiger partial charge in [0.1, 0.15) is 0 Å². The van der Waals surface area contributed by atoms with Crippen molar-refractivity contribution < 1.29 is 9.59 Å². The van der Waals surface area contributed by atoms with E-state index in [1.165, 1.54) is 4.35 Å². The molecule has 1 aromatic heterocycles. The summed E-state index contributed by atoms with van der Waals surface area (Å²) in [6.45, 7) is 7.76. The van der Waals surface area contributed by atoms with Gasteiger partial charge in [-0.05, 0) is 0 Å². The number of anilines is 1. The Hall–Kier alpha value is -1.84. The van der Waals surface area contributed by atoms with Crippen LogP contribution in [0.1, 0.15) is 56.0 Å². The molecule has 0 spiro atoms. The van der Waals surface area contributed by atoms with Crippen molar-refractivity contribution in [1.82, 2.24) is 9.88 Å². The molecule has 1 aromatic carbocycles. The summed E-state index contributed by atoms with van der Waals surface area (Å²) in [4.78, 5) is 33.6. The number of piperidine rings is 1. The van der Waals surface area contributed by atoms with Crippen molar-refractivity contribution in [3.8, 4) is 0 Å². The van der Waals surface area contributed by atoms with Gasteiger partial charge in [-0.3, -0.25) is 0 Å². The summed E-state index contributed by atoms with van der Waals surface area (Å²) in [5, 5.41) is 0.641. The van der Waals surface area contributed by atoms with Gasteiger partial charge in [-0.1, -0.05) is 0 Å². The van der Waals surface area contributed by atoms with Gasteiger partial charge in [-0.15, -0.1) is 0 Å². The van der Waals surface area contributed by atoms with Crippen LogP contribution in [0, 0.1) is 0 Å². The minimum atomic E-state index is -1.37. The van der Waals surface area contributed by atoms with Gasteiger partial charge in [0.2, 0.25) is 0 Å². The average Bonchev–Trinajstić information content (AvgIpc) is 2.97. The number of amides is 2. The fourth-order valence-electron chi connectivity index (χ4n) is 4.81. The van der Waals surface area contributed by atoms with Crippen LogP contribution in [0.25, 0.3) is 0 Å². The van der Waals surface area contributed by atoms with Gasteiger partial charge < -0.3 is 0 Å². The molecule has 4 rings (SSSR count). The van der Waals surface area contributed by atoms with Crippen LogP contribution in [-0.4, -0.2) is 49.4 Å². The number of likely N-dealkylation sites (tertiary alicyclic amines) is 1. The van der Waals surface area contributed by atoms with Gasteiger partial charge in [0.05, 0.1) is 0 Å². The summed E-state index contributed by atoms with van der Waals surface area (Å²) in [6.07, 6.45) is 6.47. The molecule has 7 heteroatoms. The number of carbonyl (C=O) groups excluding carboxylic acids is 2. The molecule has 1 saturated heterocycles. The molecule has 1 fully saturated rings. The van der Waals surface area contributed by atoms with Gasteiger partial charge in [0, 0.05) is 0 Å². The van der Waals surface area contributed by atoms with Crippen molar-refractivity contribution in [1.29, 1.82) is 0 Å². The van der Waals surface area contributed by atoms with E-state index in [-0.39, 0.29) is 11.8 Å². The first kappa shape index (κ1) is 22.4. The molecule has 0 N–H and O–H groups in total. The molecule has 164 valence electrons. The third kappa shape index (κ3) is 4.03. The van der Waals surface area contributed by atoms with Crippen molar-refractivity contribution in [2.75, 3.05) is 18.0 Å². The maximum atomic E-state index is 13.3. The number of aromatic nitrogens is 1. The van der Waals surface area contributed by atoms with E-state index in [4.69, 9.17) is 11.6 Å². The van der Waals surface area contributed by atoms with Crippen molar-refractivity contribution in [3.63, 3.8) is 0 Å². The number of halogens is 1. The summed E-state index contributed by atoms with van der Waals surface area (Å²) in [5.41, 5.74) is 4.39. The summed E-state index contributed by atoms with van der Waals surface area (Å²) in [7, 11) is 0. The Bertz CT molecular complexity index is 1020. The van der Waals surface area contributed by atoms with E-state index in [9.17, 15) is 9.59 Å². The molecule has 0 radical (unpaired) electrons. The molecule has 31 heavy (non-hydrogen) atoms. The molecule has 2 aromatic rings. The molecule has 3 heterocycles. The predicted molar refractivity (Wildman–Crippen MR) is 127 cm³/mol. The third-order valence-corrected chi connectivity index (χ3v) is 12.5. The Balaban J connectivity index is 1.57. The van der Waals surface area contributed by atoms with Gasteiger partial charge in [0.15, 0.2) is 0 Å². The van der Waals surface area contributed by atoms with Crippen LogP contribution < -0.4 is 9.25 Å². The molecular weight excluding hydrogens is 473 g/mol. The van der Waals surface area contributed by atoms with E-state index in [2.05, 4.69) is 30.6 Å². The normalized spacial score (nSPS) is 19.5. The third-order valence-electron chi connectivity index (χ3n) is 6.68. The summed E-state index contributed by atoms with van der Waals surface area (Å²) in [5.74, 6) is 0.254. The van der Waals surface area contributed by atoms with E-state index < -0.39 is 20.2 Å². The molecular formula is C24H29AsClN3O2. The zero-order valence-corrected chi connectivity index (χ0v) is 21.2. The Morgan fingerprint density at radius 2 is 1.94 bits per heavy atom. The Kier molecular flexibility index (Phi) is 6.20. The predicted octanol–water partition coefficient (Wildman–Crippen LogP) is 4.36. The monoisotopic (exact) mass is 501 g/mol. The first-order valence-corrected chi connectivity index (χ1v) is 15.1. The van der Waals surface area contributed by atoms with E-state index in [1.807, 2.05) is 35.1 Å². The number of carbonyl (C=O) groups is 2. The van der Waals surface area contributed by atoms with Crippen LogP contribution in [0.15, 0.2) is 36.7 Å². The Labute approximate surface area is 194 Å². The molecule has 0 saturated carbocycles. The molecule has 2 aliphatic heterocycles. The Morgan fingerprint density at radius 1 is 1.23 bits per heavy atom. The number of hydrogen-bond acceptors (Lipinski definition) is 3. The Morgan fingerprint density at radius 3 is 2.61 bits per heavy atom. The second kappa shape index (κ2) is 8.59. The minimum absolute atomic E-state index is 0.00263. The quantitative estimate of drug-likeness (QED) is 0.585. The zero-order valence-electron chi connectivity index (χ0n) is 18.6. The van der Waals surface area contributed by atoms with Gasteiger partial charge in [-0.2, -0.15) is 0 Å². The topological polar surface area (TPSA) is 53.5 Å². The number of hydrogen-bond donors (Lipinski definition) is 0. The fraction of sp³-hybridized carbons (Fsp3) is 0.458. The number of fused-ring (bicyclic) bond motifs is 1. The van der Waals surface area contributed by atoms with E-state index in [0.717, 1.165) is 37.2 Å². The SMILES string of the molecule is CCC(=O)N1CCC([As](C)c2cncc(N3C(=O)c4ccc(Cl)cc4C3(C)C)c2)CC1. The van der Waals surface area contributed by atoms with Crippen molar-refractivity contribution in [2.24, 2.45) is 0 Å². The van der Waals surface area contributed by atoms with Crippen molar-refractivity contribution >= 4 is 48.1 Å². The first-order valence-electron chi connectivity index (χ1n) is 10.8. The molecule has 0 bridgehead atoms. The second-order valence-electron chi connectivity index (χ2n) is 8.87. The van der Waals surface area contributed by atoms with Crippen LogP contribution in [0.4, 0.5) is 5.69 Å². The van der Waals surface area contributed by atoms with Crippen LogP contribution in [0.3, 0.4) is 0 Å². The molecule has 0 aliphatic carbocycles. The summed E-state index contributed by atoms with van der Waals surface area (Å²) < 4.78 is 1.92. The number of pyridine rings is 1. The fourth-order valence-corrected chi connectivity index (χ4v) is 9.21. The van der Waals surface area contributed by atoms with E-state index in [1.54, 1.807) is 12.3 Å². The molecule has 1 atom stereocenters. The number of nitrogens with zero attached hydrogens (tertiary/aromatic N) is 3. The van der Waals surface area contributed by atoms with E-state index in [0.29, 0.717) is 21.7 Å². The standard InChI is InChI=1S/C24H29AsClN3O2/c1-5-22(30)28-10-8-16(9-11-28)25(4)17-12-19(15-27-14-17)29-23(31)20-7-6-18(26)13-21(20)24(29,2)3/h6-7,12-16H,5,8-11H2,1-4H3. The summed E-state index contributed by atoms with van der Waals surface area (Å²) >= 11 is 4.86. The summed E-state index contributed by atoms with van der Waals surface area (Å²) in [6, 6.07) is 7.67. The molecule has 5 nitrogen and oxygen atoms in total. The van der Waals surface area contributed by atoms with Crippen LogP contribution in [-0.2, 0) is 10.3 Å². The average molecular weight is 502 g/mol. The van der Waals surface area contributed by atoms with Crippen molar-refractivity contribution in [3.05, 3.63) is 52.8 Å². The van der Waals surface area contributed by atoms with Crippen LogP contribution in [0.2, 0.25) is 15.4 Å². The number of rotatable bonds is 4. The zero-order chi connectivity index (χ0) is 22.3. The van der Waals surface area contributed by atoms with Gasteiger partial charge >= 0.3 is 194 Å². The molecule has 1 unspecified atom stereocenters. The first-order chi connectivity index (χ1) is 14.7. The van der Waals surface area contributed by atoms with Gasteiger partial charge in [0.25, 0.3) is 0 Å². The van der Waals surface area contributed by atoms with Crippen LogP contribution in [0.5, 0.6) is 0 Å². The van der Waals surface area contributed by atoms with Crippen LogP contribution >= 0.6 is 11.6 Å². The molecule has 2 amide bonds. The van der Waals surface area contributed by atoms with Gasteiger partial charge in [-0.25, -0.2) is 0 Å². The number of benzene rings is 1.